The highest BCUT2D eigenvalue weighted by molar-refractivity contribution is 7.16. The van der Waals surface area contributed by atoms with Crippen LogP contribution in [0, 0.1) is 0 Å². The number of aromatic nitrogens is 2. The molecule has 0 spiro atoms. The van der Waals surface area contributed by atoms with Crippen LogP contribution in [-0.4, -0.2) is 41.5 Å². The Morgan fingerprint density at radius 2 is 2.22 bits per heavy atom. The summed E-state index contributed by atoms with van der Waals surface area (Å²) in [6, 6.07) is 2.37. The van der Waals surface area contributed by atoms with Crippen LogP contribution in [0.15, 0.2) is 11.4 Å². The first-order chi connectivity index (χ1) is 8.56. The third-order valence-electron chi connectivity index (χ3n) is 2.69. The van der Waals surface area contributed by atoms with E-state index in [1.165, 1.54) is 0 Å². The van der Waals surface area contributed by atoms with Crippen LogP contribution in [0.3, 0.4) is 0 Å². The Morgan fingerprint density at radius 1 is 1.44 bits per heavy atom. The third kappa shape index (κ3) is 3.31. The van der Waals surface area contributed by atoms with Gasteiger partial charge in [0, 0.05) is 6.04 Å². The lowest BCUT2D eigenvalue weighted by atomic mass is 10.2. The molecule has 0 bridgehead atoms. The number of hydrogen-bond donors (Lipinski definition) is 1. The Bertz CT molecular complexity index is 526. The van der Waals surface area contributed by atoms with Crippen molar-refractivity contribution >= 4 is 39.0 Å². The van der Waals surface area contributed by atoms with E-state index in [4.69, 9.17) is 11.6 Å². The lowest BCUT2D eigenvalue weighted by Crippen LogP contribution is -2.23. The molecule has 0 amide bonds. The van der Waals surface area contributed by atoms with Gasteiger partial charge in [-0.3, -0.25) is 0 Å². The van der Waals surface area contributed by atoms with Crippen molar-refractivity contribution in [1.82, 2.24) is 14.9 Å². The summed E-state index contributed by atoms with van der Waals surface area (Å²) in [6.45, 7) is 3.19. The van der Waals surface area contributed by atoms with E-state index in [0.717, 1.165) is 29.0 Å². The van der Waals surface area contributed by atoms with Crippen LogP contribution in [0.1, 0.15) is 13.3 Å². The van der Waals surface area contributed by atoms with Gasteiger partial charge < -0.3 is 10.2 Å². The molecule has 98 valence electrons. The van der Waals surface area contributed by atoms with E-state index >= 15 is 0 Å². The average molecular weight is 285 g/mol. The minimum absolute atomic E-state index is 0.298. The first-order valence-corrected chi connectivity index (χ1v) is 7.14. The van der Waals surface area contributed by atoms with Crippen LogP contribution in [0.2, 0.25) is 5.28 Å². The van der Waals surface area contributed by atoms with Crippen LogP contribution >= 0.6 is 22.9 Å². The maximum atomic E-state index is 5.93. The molecular weight excluding hydrogens is 268 g/mol. The fraction of sp³-hybridized carbons (Fsp3) is 0.500. The second-order valence-corrected chi connectivity index (χ2v) is 5.85. The fourth-order valence-electron chi connectivity index (χ4n) is 1.70. The van der Waals surface area contributed by atoms with Gasteiger partial charge in [0.05, 0.1) is 5.39 Å². The zero-order valence-corrected chi connectivity index (χ0v) is 12.3. The zero-order chi connectivity index (χ0) is 13.1. The van der Waals surface area contributed by atoms with Crippen LogP contribution in [-0.2, 0) is 0 Å². The minimum atomic E-state index is 0.298. The van der Waals surface area contributed by atoms with E-state index in [1.807, 2.05) is 11.4 Å². The number of anilines is 1. The van der Waals surface area contributed by atoms with Crippen LogP contribution in [0.4, 0.5) is 5.82 Å². The van der Waals surface area contributed by atoms with Gasteiger partial charge in [0.2, 0.25) is 5.28 Å². The first-order valence-electron chi connectivity index (χ1n) is 5.88. The van der Waals surface area contributed by atoms with E-state index in [0.29, 0.717) is 11.3 Å². The van der Waals surface area contributed by atoms with E-state index < -0.39 is 0 Å². The molecule has 2 aromatic heterocycles. The maximum Gasteiger partial charge on any atom is 0.225 e. The second kappa shape index (κ2) is 5.82. The molecule has 0 saturated heterocycles. The molecule has 0 aliphatic rings. The van der Waals surface area contributed by atoms with Gasteiger partial charge in [-0.1, -0.05) is 0 Å². The molecule has 18 heavy (non-hydrogen) atoms. The Kier molecular flexibility index (Phi) is 4.37. The standard InChI is InChI=1S/C12H17ClN4S/c1-8(4-6-17(2)3)14-10-9-5-7-18-11(9)16-12(13)15-10/h5,7-8H,4,6H2,1-3H3,(H,14,15,16). The lowest BCUT2D eigenvalue weighted by molar-refractivity contribution is 0.390. The molecule has 2 heterocycles. The van der Waals surface area contributed by atoms with Gasteiger partial charge >= 0.3 is 0 Å². The van der Waals surface area contributed by atoms with Gasteiger partial charge in [-0.15, -0.1) is 11.3 Å². The number of hydrogen-bond acceptors (Lipinski definition) is 5. The third-order valence-corrected chi connectivity index (χ3v) is 3.67. The zero-order valence-electron chi connectivity index (χ0n) is 10.8. The van der Waals surface area contributed by atoms with E-state index in [-0.39, 0.29) is 0 Å². The van der Waals surface area contributed by atoms with Crippen molar-refractivity contribution in [2.45, 2.75) is 19.4 Å². The summed E-state index contributed by atoms with van der Waals surface area (Å²) < 4.78 is 0. The van der Waals surface area contributed by atoms with Crippen LogP contribution < -0.4 is 5.32 Å². The van der Waals surface area contributed by atoms with Gasteiger partial charge in [0.25, 0.3) is 0 Å². The Hall–Kier alpha value is -0.910. The molecule has 1 unspecified atom stereocenters. The highest BCUT2D eigenvalue weighted by atomic mass is 35.5. The molecule has 0 saturated carbocycles. The van der Waals surface area contributed by atoms with Gasteiger partial charge in [0.1, 0.15) is 10.6 Å². The van der Waals surface area contributed by atoms with Gasteiger partial charge in [-0.05, 0) is 57.0 Å². The van der Waals surface area contributed by atoms with Crippen molar-refractivity contribution in [3.63, 3.8) is 0 Å². The topological polar surface area (TPSA) is 41.0 Å². The molecule has 2 aromatic rings. The molecular formula is C12H17ClN4S. The van der Waals surface area contributed by atoms with Gasteiger partial charge in [0.15, 0.2) is 0 Å². The minimum Gasteiger partial charge on any atom is -0.367 e. The van der Waals surface area contributed by atoms with Crippen molar-refractivity contribution < 1.29 is 0 Å². The molecule has 0 fully saturated rings. The molecule has 1 N–H and O–H groups in total. The van der Waals surface area contributed by atoms with Gasteiger partial charge in [-0.2, -0.15) is 0 Å². The molecule has 0 aliphatic heterocycles. The average Bonchev–Trinajstić information content (AvgIpc) is 2.74. The van der Waals surface area contributed by atoms with Crippen molar-refractivity contribution in [2.24, 2.45) is 0 Å². The van der Waals surface area contributed by atoms with E-state index in [2.05, 4.69) is 41.2 Å². The summed E-state index contributed by atoms with van der Waals surface area (Å²) in [4.78, 5) is 11.6. The normalized spacial score (nSPS) is 13.2. The smallest absolute Gasteiger partial charge is 0.225 e. The highest BCUT2D eigenvalue weighted by Gasteiger charge is 2.10. The summed E-state index contributed by atoms with van der Waals surface area (Å²) in [5.74, 6) is 0.831. The molecule has 0 aromatic carbocycles. The molecule has 6 heteroatoms. The summed E-state index contributed by atoms with van der Waals surface area (Å²) in [5.41, 5.74) is 0. The van der Waals surface area contributed by atoms with Crippen molar-refractivity contribution in [3.05, 3.63) is 16.7 Å². The lowest BCUT2D eigenvalue weighted by Gasteiger charge is -2.17. The summed E-state index contributed by atoms with van der Waals surface area (Å²) in [5, 5.41) is 6.76. The number of nitrogens with one attached hydrogen (secondary N) is 1. The van der Waals surface area contributed by atoms with Crippen molar-refractivity contribution in [2.75, 3.05) is 26.0 Å². The van der Waals surface area contributed by atoms with Gasteiger partial charge in [-0.25, -0.2) is 9.97 Å². The Labute approximate surface area is 116 Å². The summed E-state index contributed by atoms with van der Waals surface area (Å²) >= 11 is 7.51. The number of thiophene rings is 1. The number of halogens is 1. The molecule has 2 rings (SSSR count). The predicted octanol–water partition coefficient (Wildman–Crippen LogP) is 3.10. The Morgan fingerprint density at radius 3 is 2.94 bits per heavy atom. The predicted molar refractivity (Wildman–Crippen MR) is 78.7 cm³/mol. The largest absolute Gasteiger partial charge is 0.367 e. The fourth-order valence-corrected chi connectivity index (χ4v) is 2.68. The molecule has 1 atom stereocenters. The first kappa shape index (κ1) is 13.5. The maximum absolute atomic E-state index is 5.93. The highest BCUT2D eigenvalue weighted by Crippen LogP contribution is 2.26. The monoisotopic (exact) mass is 284 g/mol. The SMILES string of the molecule is CC(CCN(C)C)Nc1nc(Cl)nc2sccc12. The molecule has 4 nitrogen and oxygen atoms in total. The van der Waals surface area contributed by atoms with Crippen molar-refractivity contribution in [1.29, 1.82) is 0 Å². The van der Waals surface area contributed by atoms with E-state index in [9.17, 15) is 0 Å². The van der Waals surface area contributed by atoms with Crippen LogP contribution in [0.25, 0.3) is 10.2 Å². The summed E-state index contributed by atoms with van der Waals surface area (Å²) in [6.07, 6.45) is 1.06. The molecule has 0 aliphatic carbocycles. The number of rotatable bonds is 5. The number of nitrogens with zero attached hydrogens (tertiary/aromatic N) is 3. The Balaban J connectivity index is 2.13. The van der Waals surface area contributed by atoms with Crippen LogP contribution in [0.5, 0.6) is 0 Å². The quantitative estimate of drug-likeness (QED) is 0.857. The van der Waals surface area contributed by atoms with E-state index in [1.54, 1.807) is 11.3 Å². The van der Waals surface area contributed by atoms with Crippen molar-refractivity contribution in [3.8, 4) is 0 Å². The summed E-state index contributed by atoms with van der Waals surface area (Å²) in [7, 11) is 4.15. The number of fused-ring (bicyclic) bond motifs is 1. The second-order valence-electron chi connectivity index (χ2n) is 4.62. The molecule has 0 radical (unpaired) electrons.